The fourth-order valence-electron chi connectivity index (χ4n) is 2.87. The normalized spacial score (nSPS) is 21.9. The lowest BCUT2D eigenvalue weighted by Crippen LogP contribution is -2.39. The van der Waals surface area contributed by atoms with Crippen molar-refractivity contribution in [2.24, 2.45) is 5.73 Å². The van der Waals surface area contributed by atoms with Crippen LogP contribution in [0.5, 0.6) is 0 Å². The lowest BCUT2D eigenvalue weighted by atomic mass is 10.1. The van der Waals surface area contributed by atoms with E-state index in [4.69, 9.17) is 17.3 Å². The van der Waals surface area contributed by atoms with E-state index in [-0.39, 0.29) is 0 Å². The molecule has 1 heterocycles. The average molecular weight is 294 g/mol. The number of amides is 1. The molecule has 0 aromatic heterocycles. The zero-order valence-electron chi connectivity index (χ0n) is 11.4. The van der Waals surface area contributed by atoms with Gasteiger partial charge in [-0.1, -0.05) is 11.6 Å². The van der Waals surface area contributed by atoms with E-state index in [1.54, 1.807) is 12.1 Å². The Balaban J connectivity index is 1.81. The van der Waals surface area contributed by atoms with Crippen LogP contribution in [0, 0.1) is 0 Å². The van der Waals surface area contributed by atoms with Crippen LogP contribution in [0.3, 0.4) is 0 Å². The van der Waals surface area contributed by atoms with Gasteiger partial charge in [-0.25, -0.2) is 0 Å². The molecule has 0 bridgehead atoms. The summed E-state index contributed by atoms with van der Waals surface area (Å²) in [5, 5.41) is 4.15. The zero-order chi connectivity index (χ0) is 14.1. The molecule has 1 amide bonds. The van der Waals surface area contributed by atoms with E-state index < -0.39 is 5.91 Å². The summed E-state index contributed by atoms with van der Waals surface area (Å²) in [5.41, 5.74) is 6.78. The molecule has 0 radical (unpaired) electrons. The van der Waals surface area contributed by atoms with Gasteiger partial charge < -0.3 is 16.0 Å². The maximum absolute atomic E-state index is 11.2. The van der Waals surface area contributed by atoms with Crippen LogP contribution in [-0.2, 0) is 0 Å². The van der Waals surface area contributed by atoms with Crippen molar-refractivity contribution in [3.63, 3.8) is 0 Å². The Morgan fingerprint density at radius 1 is 1.40 bits per heavy atom. The summed E-state index contributed by atoms with van der Waals surface area (Å²) in [6.45, 7) is 2.10. The number of benzene rings is 1. The van der Waals surface area contributed by atoms with Gasteiger partial charge in [-0.2, -0.15) is 0 Å². The summed E-state index contributed by atoms with van der Waals surface area (Å²) < 4.78 is 0. The van der Waals surface area contributed by atoms with Gasteiger partial charge in [-0.3, -0.25) is 4.79 Å². The Labute approximate surface area is 124 Å². The highest BCUT2D eigenvalue weighted by atomic mass is 35.5. The number of nitrogens with one attached hydrogen (secondary N) is 1. The Hall–Kier alpha value is -1.26. The molecule has 1 saturated heterocycles. The van der Waals surface area contributed by atoms with E-state index >= 15 is 0 Å². The molecule has 5 heteroatoms. The highest BCUT2D eigenvalue weighted by Gasteiger charge is 2.32. The number of rotatable bonds is 5. The molecule has 108 valence electrons. The number of primary amides is 1. The minimum atomic E-state index is -0.436. The van der Waals surface area contributed by atoms with Gasteiger partial charge in [0, 0.05) is 24.2 Å². The first-order chi connectivity index (χ1) is 9.65. The van der Waals surface area contributed by atoms with Crippen LogP contribution >= 0.6 is 11.6 Å². The monoisotopic (exact) mass is 293 g/mol. The lowest BCUT2D eigenvalue weighted by Gasteiger charge is -2.29. The number of nitrogens with two attached hydrogens (primary N) is 1. The van der Waals surface area contributed by atoms with Gasteiger partial charge in [-0.05, 0) is 50.4 Å². The second kappa shape index (κ2) is 5.62. The van der Waals surface area contributed by atoms with Crippen molar-refractivity contribution in [2.45, 2.75) is 37.8 Å². The SMILES string of the molecule is NC(=O)c1ccc(N(CC2CCCN2)C2CC2)c(Cl)c1. The van der Waals surface area contributed by atoms with E-state index in [9.17, 15) is 4.79 Å². The van der Waals surface area contributed by atoms with Gasteiger partial charge in [0.05, 0.1) is 10.7 Å². The van der Waals surface area contributed by atoms with Gasteiger partial charge in [0.25, 0.3) is 0 Å². The Bertz CT molecular complexity index is 510. The number of carbonyl (C=O) groups excluding carboxylic acids is 1. The second-order valence-electron chi connectivity index (χ2n) is 5.71. The third-order valence-corrected chi connectivity index (χ3v) is 4.41. The number of nitrogens with zero attached hydrogens (tertiary/aromatic N) is 1. The lowest BCUT2D eigenvalue weighted by molar-refractivity contribution is 0.100. The molecule has 1 atom stereocenters. The third-order valence-electron chi connectivity index (χ3n) is 4.11. The van der Waals surface area contributed by atoms with Crippen LogP contribution in [0.15, 0.2) is 18.2 Å². The molecule has 2 aliphatic rings. The first-order valence-corrected chi connectivity index (χ1v) is 7.62. The summed E-state index contributed by atoms with van der Waals surface area (Å²) in [6, 6.07) is 6.50. The van der Waals surface area contributed by atoms with Crippen molar-refractivity contribution in [1.82, 2.24) is 5.32 Å². The van der Waals surface area contributed by atoms with Crippen molar-refractivity contribution in [3.05, 3.63) is 28.8 Å². The van der Waals surface area contributed by atoms with Crippen LogP contribution in [-0.4, -0.2) is 31.1 Å². The number of anilines is 1. The molecule has 1 aromatic carbocycles. The van der Waals surface area contributed by atoms with Crippen molar-refractivity contribution in [3.8, 4) is 0 Å². The molecule has 2 fully saturated rings. The molecule has 3 rings (SSSR count). The molecule has 1 unspecified atom stereocenters. The molecule has 0 spiro atoms. The van der Waals surface area contributed by atoms with Crippen LogP contribution < -0.4 is 16.0 Å². The molecule has 4 nitrogen and oxygen atoms in total. The summed E-state index contributed by atoms with van der Waals surface area (Å²) in [7, 11) is 0. The minimum absolute atomic E-state index is 0.436. The topological polar surface area (TPSA) is 58.4 Å². The first kappa shape index (κ1) is 13.7. The minimum Gasteiger partial charge on any atom is -0.366 e. The highest BCUT2D eigenvalue weighted by molar-refractivity contribution is 6.33. The second-order valence-corrected chi connectivity index (χ2v) is 6.11. The number of carbonyl (C=O) groups is 1. The van der Waals surface area contributed by atoms with Crippen LogP contribution in [0.1, 0.15) is 36.0 Å². The van der Waals surface area contributed by atoms with E-state index in [1.807, 2.05) is 6.07 Å². The Morgan fingerprint density at radius 2 is 2.20 bits per heavy atom. The van der Waals surface area contributed by atoms with Crippen molar-refractivity contribution >= 4 is 23.2 Å². The number of hydrogen-bond donors (Lipinski definition) is 2. The van der Waals surface area contributed by atoms with Crippen LogP contribution in [0.25, 0.3) is 0 Å². The van der Waals surface area contributed by atoms with Gasteiger partial charge >= 0.3 is 0 Å². The standard InChI is InChI=1S/C15H20ClN3O/c16-13-8-10(15(17)20)3-6-14(13)19(12-4-5-12)9-11-2-1-7-18-11/h3,6,8,11-12,18H,1-2,4-5,7,9H2,(H2,17,20). The summed E-state index contributed by atoms with van der Waals surface area (Å²) in [6.07, 6.45) is 4.92. The molecule has 1 aliphatic carbocycles. The largest absolute Gasteiger partial charge is 0.366 e. The molecule has 1 saturated carbocycles. The van der Waals surface area contributed by atoms with Crippen molar-refractivity contribution in [2.75, 3.05) is 18.0 Å². The summed E-state index contributed by atoms with van der Waals surface area (Å²) in [5.74, 6) is -0.436. The van der Waals surface area contributed by atoms with Gasteiger partial charge in [0.2, 0.25) is 5.91 Å². The molecule has 3 N–H and O–H groups in total. The fraction of sp³-hybridized carbons (Fsp3) is 0.533. The zero-order valence-corrected chi connectivity index (χ0v) is 12.2. The predicted molar refractivity (Wildman–Crippen MR) is 81.4 cm³/mol. The van der Waals surface area contributed by atoms with Crippen LogP contribution in [0.4, 0.5) is 5.69 Å². The summed E-state index contributed by atoms with van der Waals surface area (Å²) >= 11 is 6.36. The highest BCUT2D eigenvalue weighted by Crippen LogP contribution is 2.36. The van der Waals surface area contributed by atoms with E-state index in [0.29, 0.717) is 22.7 Å². The number of hydrogen-bond acceptors (Lipinski definition) is 3. The Morgan fingerprint density at radius 3 is 2.75 bits per heavy atom. The van der Waals surface area contributed by atoms with Crippen molar-refractivity contribution in [1.29, 1.82) is 0 Å². The quantitative estimate of drug-likeness (QED) is 0.875. The summed E-state index contributed by atoms with van der Waals surface area (Å²) in [4.78, 5) is 13.6. The van der Waals surface area contributed by atoms with Crippen LogP contribution in [0.2, 0.25) is 5.02 Å². The molecule has 20 heavy (non-hydrogen) atoms. The van der Waals surface area contributed by atoms with Gasteiger partial charge in [-0.15, -0.1) is 0 Å². The number of halogens is 1. The van der Waals surface area contributed by atoms with Crippen molar-refractivity contribution < 1.29 is 4.79 Å². The van der Waals surface area contributed by atoms with Gasteiger partial charge in [0.1, 0.15) is 0 Å². The maximum Gasteiger partial charge on any atom is 0.248 e. The van der Waals surface area contributed by atoms with E-state index in [1.165, 1.54) is 25.7 Å². The smallest absolute Gasteiger partial charge is 0.248 e. The fourth-order valence-corrected chi connectivity index (χ4v) is 3.16. The Kier molecular flexibility index (Phi) is 3.85. The van der Waals surface area contributed by atoms with E-state index in [0.717, 1.165) is 18.8 Å². The molecular formula is C15H20ClN3O. The first-order valence-electron chi connectivity index (χ1n) is 7.24. The average Bonchev–Trinajstić information content (AvgIpc) is 3.14. The third kappa shape index (κ3) is 2.91. The van der Waals surface area contributed by atoms with E-state index in [2.05, 4.69) is 10.2 Å². The molecule has 1 aromatic rings. The maximum atomic E-state index is 11.2. The molecule has 1 aliphatic heterocycles. The molecular weight excluding hydrogens is 274 g/mol. The van der Waals surface area contributed by atoms with Gasteiger partial charge in [0.15, 0.2) is 0 Å². The predicted octanol–water partition coefficient (Wildman–Crippen LogP) is 2.16.